The van der Waals surface area contributed by atoms with Crippen LogP contribution in [0.5, 0.6) is 0 Å². The SMILES string of the molecule is CCOC(=O)c1ccc(NC(=O)C[C@H]2C(=O)N(c3ccc(C)cc3)C(=S)N2CCCN2CCN(C)CC2)cc1. The molecule has 208 valence electrons. The van der Waals surface area contributed by atoms with Gasteiger partial charge in [0.05, 0.1) is 24.3 Å². The molecule has 2 heterocycles. The molecule has 0 aliphatic carbocycles. The third-order valence-corrected chi connectivity index (χ3v) is 7.56. The van der Waals surface area contributed by atoms with Gasteiger partial charge in [-0.1, -0.05) is 17.7 Å². The number of hydrogen-bond donors (Lipinski definition) is 1. The smallest absolute Gasteiger partial charge is 0.338 e. The molecule has 0 bridgehead atoms. The van der Waals surface area contributed by atoms with Gasteiger partial charge in [0, 0.05) is 38.4 Å². The number of rotatable bonds is 10. The number of likely N-dealkylation sites (N-methyl/N-ethyl adjacent to an activating group) is 1. The van der Waals surface area contributed by atoms with Crippen LogP contribution in [0.3, 0.4) is 0 Å². The summed E-state index contributed by atoms with van der Waals surface area (Å²) in [4.78, 5) is 46.8. The van der Waals surface area contributed by atoms with Gasteiger partial charge in [-0.3, -0.25) is 14.5 Å². The number of piperazine rings is 1. The summed E-state index contributed by atoms with van der Waals surface area (Å²) >= 11 is 5.79. The maximum absolute atomic E-state index is 13.6. The van der Waals surface area contributed by atoms with E-state index in [1.807, 2.05) is 36.1 Å². The highest BCUT2D eigenvalue weighted by molar-refractivity contribution is 7.80. The number of aryl methyl sites for hydroxylation is 1. The molecular formula is C29H37N5O4S. The second-order valence-corrected chi connectivity index (χ2v) is 10.4. The predicted octanol–water partition coefficient (Wildman–Crippen LogP) is 3.14. The van der Waals surface area contributed by atoms with Gasteiger partial charge in [0.2, 0.25) is 5.91 Å². The molecule has 2 amide bonds. The van der Waals surface area contributed by atoms with Gasteiger partial charge in [-0.25, -0.2) is 4.79 Å². The Labute approximate surface area is 235 Å². The quantitative estimate of drug-likeness (QED) is 0.356. The molecule has 0 aromatic heterocycles. The fourth-order valence-electron chi connectivity index (χ4n) is 4.85. The van der Waals surface area contributed by atoms with Crippen LogP contribution in [0.25, 0.3) is 0 Å². The van der Waals surface area contributed by atoms with E-state index in [9.17, 15) is 14.4 Å². The number of hydrogen-bond acceptors (Lipinski definition) is 7. The van der Waals surface area contributed by atoms with E-state index in [0.29, 0.717) is 35.2 Å². The Morgan fingerprint density at radius 2 is 1.67 bits per heavy atom. The molecular weight excluding hydrogens is 514 g/mol. The molecule has 2 aromatic carbocycles. The van der Waals surface area contributed by atoms with Crippen molar-refractivity contribution >= 4 is 46.5 Å². The first-order valence-electron chi connectivity index (χ1n) is 13.5. The number of carbonyl (C=O) groups excluding carboxylic acids is 3. The van der Waals surface area contributed by atoms with Gasteiger partial charge in [0.15, 0.2) is 5.11 Å². The van der Waals surface area contributed by atoms with E-state index in [4.69, 9.17) is 17.0 Å². The second-order valence-electron chi connectivity index (χ2n) is 10.0. The van der Waals surface area contributed by atoms with Crippen LogP contribution in [-0.4, -0.2) is 96.6 Å². The number of esters is 1. The molecule has 2 aromatic rings. The molecule has 9 nitrogen and oxygen atoms in total. The van der Waals surface area contributed by atoms with Crippen LogP contribution in [0.15, 0.2) is 48.5 Å². The topological polar surface area (TPSA) is 85.4 Å². The van der Waals surface area contributed by atoms with E-state index >= 15 is 0 Å². The lowest BCUT2D eigenvalue weighted by atomic mass is 10.1. The summed E-state index contributed by atoms with van der Waals surface area (Å²) < 4.78 is 5.01. The number of nitrogens with one attached hydrogen (secondary N) is 1. The first-order chi connectivity index (χ1) is 18.8. The van der Waals surface area contributed by atoms with Crippen molar-refractivity contribution in [1.82, 2.24) is 14.7 Å². The van der Waals surface area contributed by atoms with Gasteiger partial charge < -0.3 is 24.8 Å². The third-order valence-electron chi connectivity index (χ3n) is 7.14. The number of anilines is 2. The molecule has 2 saturated heterocycles. The predicted molar refractivity (Wildman–Crippen MR) is 156 cm³/mol. The number of ether oxygens (including phenoxy) is 1. The molecule has 2 aliphatic rings. The Balaban J connectivity index is 1.44. The summed E-state index contributed by atoms with van der Waals surface area (Å²) in [6.45, 7) is 9.68. The Kier molecular flexibility index (Phi) is 9.66. The van der Waals surface area contributed by atoms with Crippen molar-refractivity contribution in [3.63, 3.8) is 0 Å². The molecule has 39 heavy (non-hydrogen) atoms. The summed E-state index contributed by atoms with van der Waals surface area (Å²) in [6.07, 6.45) is 0.807. The lowest BCUT2D eigenvalue weighted by Crippen LogP contribution is -2.45. The van der Waals surface area contributed by atoms with E-state index < -0.39 is 12.0 Å². The van der Waals surface area contributed by atoms with Gasteiger partial charge >= 0.3 is 5.97 Å². The monoisotopic (exact) mass is 551 g/mol. The summed E-state index contributed by atoms with van der Waals surface area (Å²) in [7, 11) is 2.13. The van der Waals surface area contributed by atoms with Crippen molar-refractivity contribution in [3.8, 4) is 0 Å². The second kappa shape index (κ2) is 13.1. The van der Waals surface area contributed by atoms with Crippen molar-refractivity contribution in [2.45, 2.75) is 32.7 Å². The van der Waals surface area contributed by atoms with Gasteiger partial charge in [0.25, 0.3) is 5.91 Å². The van der Waals surface area contributed by atoms with Crippen LogP contribution in [0.1, 0.15) is 35.7 Å². The first-order valence-corrected chi connectivity index (χ1v) is 13.9. The average Bonchev–Trinajstić information content (AvgIpc) is 3.14. The fourth-order valence-corrected chi connectivity index (χ4v) is 5.26. The summed E-state index contributed by atoms with van der Waals surface area (Å²) in [5, 5.41) is 3.28. The zero-order valence-corrected chi connectivity index (χ0v) is 23.7. The van der Waals surface area contributed by atoms with E-state index in [1.165, 1.54) is 0 Å². The van der Waals surface area contributed by atoms with Crippen LogP contribution in [0.4, 0.5) is 11.4 Å². The molecule has 2 aliphatic heterocycles. The largest absolute Gasteiger partial charge is 0.462 e. The molecule has 0 radical (unpaired) electrons. The van der Waals surface area contributed by atoms with Crippen LogP contribution < -0.4 is 10.2 Å². The lowest BCUT2D eigenvalue weighted by Gasteiger charge is -2.33. The van der Waals surface area contributed by atoms with Crippen molar-refractivity contribution < 1.29 is 19.1 Å². The van der Waals surface area contributed by atoms with Crippen molar-refractivity contribution in [3.05, 3.63) is 59.7 Å². The molecule has 1 atom stereocenters. The average molecular weight is 552 g/mol. The number of carbonyl (C=O) groups is 3. The Hall–Kier alpha value is -3.34. The fraction of sp³-hybridized carbons (Fsp3) is 0.448. The summed E-state index contributed by atoms with van der Waals surface area (Å²) in [5.41, 5.74) is 2.74. The number of nitrogens with zero attached hydrogens (tertiary/aromatic N) is 4. The van der Waals surface area contributed by atoms with Gasteiger partial charge in [-0.2, -0.15) is 0 Å². The van der Waals surface area contributed by atoms with Gasteiger partial charge in [-0.05, 0) is 82.5 Å². The Morgan fingerprint density at radius 3 is 2.31 bits per heavy atom. The van der Waals surface area contributed by atoms with Gasteiger partial charge in [-0.15, -0.1) is 0 Å². The van der Waals surface area contributed by atoms with Crippen LogP contribution in [0, 0.1) is 6.92 Å². The molecule has 2 fully saturated rings. The van der Waals surface area contributed by atoms with E-state index in [-0.39, 0.29) is 18.2 Å². The minimum absolute atomic E-state index is 0.0323. The van der Waals surface area contributed by atoms with Crippen LogP contribution in [-0.2, 0) is 14.3 Å². The molecule has 10 heteroatoms. The molecule has 0 spiro atoms. The third kappa shape index (κ3) is 7.20. The number of thiocarbonyl (C=S) groups is 1. The minimum atomic E-state index is -0.690. The molecule has 0 unspecified atom stereocenters. The normalized spacial score (nSPS) is 18.5. The van der Waals surface area contributed by atoms with Crippen LogP contribution in [0.2, 0.25) is 0 Å². The summed E-state index contributed by atoms with van der Waals surface area (Å²) in [5.74, 6) is -0.907. The van der Waals surface area contributed by atoms with Gasteiger partial charge in [0.1, 0.15) is 6.04 Å². The maximum atomic E-state index is 13.6. The summed E-state index contributed by atoms with van der Waals surface area (Å²) in [6, 6.07) is 13.5. The molecule has 1 N–H and O–H groups in total. The minimum Gasteiger partial charge on any atom is -0.462 e. The van der Waals surface area contributed by atoms with E-state index in [2.05, 4.69) is 22.2 Å². The highest BCUT2D eigenvalue weighted by Crippen LogP contribution is 2.28. The van der Waals surface area contributed by atoms with Crippen molar-refractivity contribution in [1.29, 1.82) is 0 Å². The van der Waals surface area contributed by atoms with Crippen molar-refractivity contribution in [2.75, 3.05) is 63.1 Å². The zero-order chi connectivity index (χ0) is 27.9. The zero-order valence-electron chi connectivity index (χ0n) is 22.9. The van der Waals surface area contributed by atoms with E-state index in [1.54, 1.807) is 36.1 Å². The Bertz CT molecular complexity index is 1180. The first kappa shape index (κ1) is 28.7. The number of benzene rings is 2. The molecule has 0 saturated carbocycles. The standard InChI is InChI=1S/C29H37N5O4S/c1-4-38-28(37)22-8-10-23(11-9-22)30-26(35)20-25-27(36)34(24-12-6-21(2)7-13-24)29(39)33(25)15-5-14-32-18-16-31(3)17-19-32/h6-13,25H,4-5,14-20H2,1-3H3,(H,30,35)/t25-/m0/s1. The Morgan fingerprint density at radius 1 is 1.00 bits per heavy atom. The molecule has 4 rings (SSSR count). The highest BCUT2D eigenvalue weighted by Gasteiger charge is 2.43. The number of amides is 2. The van der Waals surface area contributed by atoms with Crippen LogP contribution >= 0.6 is 12.2 Å². The lowest BCUT2D eigenvalue weighted by molar-refractivity contribution is -0.124. The van der Waals surface area contributed by atoms with E-state index in [0.717, 1.165) is 44.7 Å². The maximum Gasteiger partial charge on any atom is 0.338 e. The highest BCUT2D eigenvalue weighted by atomic mass is 32.1. The van der Waals surface area contributed by atoms with Crippen molar-refractivity contribution in [2.24, 2.45) is 0 Å².